The van der Waals surface area contributed by atoms with Crippen LogP contribution in [0.4, 0.5) is 0 Å². The van der Waals surface area contributed by atoms with Crippen molar-refractivity contribution in [3.8, 4) is 0 Å². The van der Waals surface area contributed by atoms with Crippen LogP contribution in [0.3, 0.4) is 0 Å². The highest BCUT2D eigenvalue weighted by Crippen LogP contribution is 2.48. The Morgan fingerprint density at radius 2 is 2.00 bits per heavy atom. The summed E-state index contributed by atoms with van der Waals surface area (Å²) in [5.74, 6) is -0.998. The summed E-state index contributed by atoms with van der Waals surface area (Å²) < 4.78 is 6.04. The number of carbonyl (C=O) groups excluding carboxylic acids is 1. The van der Waals surface area contributed by atoms with E-state index in [-0.39, 0.29) is 18.9 Å². The first-order chi connectivity index (χ1) is 9.98. The van der Waals surface area contributed by atoms with E-state index in [0.29, 0.717) is 0 Å². The minimum atomic E-state index is -0.940. The summed E-state index contributed by atoms with van der Waals surface area (Å²) in [6, 6.07) is 7.74. The number of carbonyl (C=O) groups is 2. The molecule has 114 valence electrons. The Labute approximate surface area is 131 Å². The molecule has 0 aliphatic heterocycles. The summed E-state index contributed by atoms with van der Waals surface area (Å²) in [6.45, 7) is 0.208. The summed E-state index contributed by atoms with van der Waals surface area (Å²) in [4.78, 5) is 23.1. The summed E-state index contributed by atoms with van der Waals surface area (Å²) in [5, 5.41) is 11.6. The number of halogens is 1. The molecule has 1 aromatic carbocycles. The van der Waals surface area contributed by atoms with Crippen molar-refractivity contribution in [1.29, 1.82) is 0 Å². The van der Waals surface area contributed by atoms with Gasteiger partial charge in [0.15, 0.2) is 0 Å². The first kappa shape index (κ1) is 16.0. The lowest BCUT2D eigenvalue weighted by Crippen LogP contribution is -2.40. The van der Waals surface area contributed by atoms with Crippen LogP contribution >= 0.6 is 15.9 Å². The average Bonchev–Trinajstić information content (AvgIpc) is 3.25. The number of benzene rings is 1. The third kappa shape index (κ3) is 3.83. The van der Waals surface area contributed by atoms with E-state index in [9.17, 15) is 9.59 Å². The molecular weight excluding hydrogens is 338 g/mol. The Hall–Kier alpha value is -1.40. The third-order valence-electron chi connectivity index (χ3n) is 3.81. The van der Waals surface area contributed by atoms with Crippen molar-refractivity contribution < 1.29 is 19.4 Å². The van der Waals surface area contributed by atoms with Crippen molar-refractivity contribution in [2.45, 2.75) is 30.8 Å². The number of rotatable bonds is 7. The molecule has 0 saturated heterocycles. The van der Waals surface area contributed by atoms with Crippen molar-refractivity contribution in [2.75, 3.05) is 13.7 Å². The summed E-state index contributed by atoms with van der Waals surface area (Å²) >= 11 is 3.38. The number of hydrogen-bond donors (Lipinski definition) is 2. The lowest BCUT2D eigenvalue weighted by Gasteiger charge is -2.19. The fourth-order valence-electron chi connectivity index (χ4n) is 2.35. The van der Waals surface area contributed by atoms with E-state index in [1.165, 1.54) is 7.11 Å². The molecule has 0 aromatic heterocycles. The van der Waals surface area contributed by atoms with Gasteiger partial charge in [-0.3, -0.25) is 9.59 Å². The van der Waals surface area contributed by atoms with Gasteiger partial charge in [0.05, 0.1) is 17.9 Å². The summed E-state index contributed by atoms with van der Waals surface area (Å²) in [7, 11) is 1.45. The topological polar surface area (TPSA) is 75.6 Å². The van der Waals surface area contributed by atoms with Crippen LogP contribution in [0.1, 0.15) is 24.8 Å². The fourth-order valence-corrected chi connectivity index (χ4v) is 2.61. The number of carboxylic acid groups (broad SMARTS) is 1. The predicted molar refractivity (Wildman–Crippen MR) is 81.1 cm³/mol. The van der Waals surface area contributed by atoms with E-state index in [2.05, 4.69) is 21.2 Å². The van der Waals surface area contributed by atoms with Crippen LogP contribution in [0.15, 0.2) is 28.7 Å². The van der Waals surface area contributed by atoms with Gasteiger partial charge in [-0.15, -0.1) is 0 Å². The van der Waals surface area contributed by atoms with Crippen molar-refractivity contribution in [1.82, 2.24) is 5.32 Å². The number of hydrogen-bond acceptors (Lipinski definition) is 3. The molecule has 1 fully saturated rings. The maximum atomic E-state index is 12.4. The monoisotopic (exact) mass is 355 g/mol. The number of methoxy groups -OCH3 is 1. The second-order valence-corrected chi connectivity index (χ2v) is 6.17. The number of aliphatic carboxylic acids is 1. The van der Waals surface area contributed by atoms with Gasteiger partial charge in [0.2, 0.25) is 5.91 Å². The molecule has 5 nitrogen and oxygen atoms in total. The van der Waals surface area contributed by atoms with E-state index in [1.807, 2.05) is 24.3 Å². The van der Waals surface area contributed by atoms with E-state index in [4.69, 9.17) is 9.84 Å². The maximum absolute atomic E-state index is 12.4. The van der Waals surface area contributed by atoms with Gasteiger partial charge < -0.3 is 15.2 Å². The molecule has 6 heteroatoms. The maximum Gasteiger partial charge on any atom is 0.306 e. The molecule has 1 atom stereocenters. The van der Waals surface area contributed by atoms with Gasteiger partial charge in [0.1, 0.15) is 0 Å². The molecule has 2 rings (SSSR count). The van der Waals surface area contributed by atoms with E-state index < -0.39 is 17.5 Å². The van der Waals surface area contributed by atoms with Gasteiger partial charge in [0, 0.05) is 18.1 Å². The summed E-state index contributed by atoms with van der Waals surface area (Å²) in [6.07, 6.45) is 1.00. The Bertz CT molecular complexity index is 525. The molecule has 0 bridgehead atoms. The normalized spacial score (nSPS) is 17.0. The van der Waals surface area contributed by atoms with Crippen molar-refractivity contribution in [3.63, 3.8) is 0 Å². The number of nitrogens with one attached hydrogen (secondary N) is 1. The molecule has 1 saturated carbocycles. The van der Waals surface area contributed by atoms with E-state index >= 15 is 0 Å². The number of carboxylic acids is 1. The molecule has 1 aromatic rings. The standard InChI is InChI=1S/C15H18BrNO4/c1-21-12(8-13(18)19)9-17-14(20)15(6-7-15)10-2-4-11(16)5-3-10/h2-5,12H,6-9H2,1H3,(H,17,20)(H,18,19). The van der Waals surface area contributed by atoms with Crippen molar-refractivity contribution >= 4 is 27.8 Å². The Kier molecular flexibility index (Phi) is 5.00. The lowest BCUT2D eigenvalue weighted by atomic mass is 9.95. The van der Waals surface area contributed by atoms with Crippen LogP contribution in [-0.2, 0) is 19.7 Å². The van der Waals surface area contributed by atoms with Gasteiger partial charge in [0.25, 0.3) is 0 Å². The molecule has 21 heavy (non-hydrogen) atoms. The lowest BCUT2D eigenvalue weighted by molar-refractivity contribution is -0.140. The van der Waals surface area contributed by atoms with Gasteiger partial charge in [-0.2, -0.15) is 0 Å². The zero-order valence-electron chi connectivity index (χ0n) is 11.8. The van der Waals surface area contributed by atoms with Crippen LogP contribution in [0.5, 0.6) is 0 Å². The first-order valence-electron chi connectivity index (χ1n) is 6.77. The molecule has 2 N–H and O–H groups in total. The smallest absolute Gasteiger partial charge is 0.306 e. The van der Waals surface area contributed by atoms with Crippen LogP contribution in [0, 0.1) is 0 Å². The molecule has 1 aliphatic carbocycles. The highest BCUT2D eigenvalue weighted by atomic mass is 79.9. The molecule has 0 heterocycles. The van der Waals surface area contributed by atoms with Gasteiger partial charge in [-0.25, -0.2) is 0 Å². The summed E-state index contributed by atoms with van der Waals surface area (Å²) in [5.41, 5.74) is 0.540. The van der Waals surface area contributed by atoms with Crippen LogP contribution in [-0.4, -0.2) is 36.7 Å². The quantitative estimate of drug-likeness (QED) is 0.785. The molecule has 1 unspecified atom stereocenters. The highest BCUT2D eigenvalue weighted by Gasteiger charge is 2.51. The van der Waals surface area contributed by atoms with E-state index in [1.54, 1.807) is 0 Å². The zero-order valence-corrected chi connectivity index (χ0v) is 13.4. The Morgan fingerprint density at radius 1 is 1.38 bits per heavy atom. The van der Waals surface area contributed by atoms with E-state index in [0.717, 1.165) is 22.9 Å². The molecule has 1 aliphatic rings. The first-order valence-corrected chi connectivity index (χ1v) is 7.56. The number of amides is 1. The highest BCUT2D eigenvalue weighted by molar-refractivity contribution is 9.10. The average molecular weight is 356 g/mol. The van der Waals surface area contributed by atoms with Gasteiger partial charge in [-0.05, 0) is 30.5 Å². The Morgan fingerprint density at radius 3 is 2.48 bits per heavy atom. The predicted octanol–water partition coefficient (Wildman–Crippen LogP) is 2.09. The minimum Gasteiger partial charge on any atom is -0.481 e. The second kappa shape index (κ2) is 6.58. The minimum absolute atomic E-state index is 0.0581. The van der Waals surface area contributed by atoms with Crippen LogP contribution < -0.4 is 5.32 Å². The largest absolute Gasteiger partial charge is 0.481 e. The molecule has 0 radical (unpaired) electrons. The SMILES string of the molecule is COC(CNC(=O)C1(c2ccc(Br)cc2)CC1)CC(=O)O. The molecule has 1 amide bonds. The van der Waals surface area contributed by atoms with Gasteiger partial charge >= 0.3 is 5.97 Å². The second-order valence-electron chi connectivity index (χ2n) is 5.25. The molecular formula is C15H18BrNO4. The van der Waals surface area contributed by atoms with Crippen LogP contribution in [0.25, 0.3) is 0 Å². The van der Waals surface area contributed by atoms with Crippen molar-refractivity contribution in [2.24, 2.45) is 0 Å². The zero-order chi connectivity index (χ0) is 15.5. The third-order valence-corrected chi connectivity index (χ3v) is 4.34. The Balaban J connectivity index is 1.96. The van der Waals surface area contributed by atoms with Gasteiger partial charge in [-0.1, -0.05) is 28.1 Å². The van der Waals surface area contributed by atoms with Crippen LogP contribution in [0.2, 0.25) is 0 Å². The number of ether oxygens (including phenoxy) is 1. The molecule has 0 spiro atoms. The van der Waals surface area contributed by atoms with Crippen molar-refractivity contribution in [3.05, 3.63) is 34.3 Å². The fraction of sp³-hybridized carbons (Fsp3) is 0.467.